The van der Waals surface area contributed by atoms with Crippen molar-refractivity contribution in [3.63, 3.8) is 0 Å². The topological polar surface area (TPSA) is 0 Å². The molecule has 0 aliphatic heterocycles. The predicted octanol–water partition coefficient (Wildman–Crippen LogP) is 14.7. The van der Waals surface area contributed by atoms with E-state index in [9.17, 15) is 0 Å². The van der Waals surface area contributed by atoms with Crippen LogP contribution < -0.4 is 0 Å². The zero-order valence-electron chi connectivity index (χ0n) is 27.5. The summed E-state index contributed by atoms with van der Waals surface area (Å²) in [6, 6.07) is 0. The Morgan fingerprint density at radius 3 is 0.605 bits per heavy atom. The van der Waals surface area contributed by atoms with Gasteiger partial charge in [0.25, 0.3) is 0 Å². The molecule has 0 fully saturated rings. The number of unbranched alkanes of at least 4 members (excludes halogenated alkanes) is 24. The van der Waals surface area contributed by atoms with Crippen LogP contribution in [0.2, 0.25) is 0 Å². The van der Waals surface area contributed by atoms with Crippen LogP contribution in [0, 0.1) is 0 Å². The fourth-order valence-corrected chi connectivity index (χ4v) is 13.4. The van der Waals surface area contributed by atoms with E-state index in [1.54, 1.807) is 0 Å². The average molecular weight is 575 g/mol. The molecule has 0 bridgehead atoms. The normalized spacial score (nSPS) is 13.1. The second-order valence-corrected chi connectivity index (χ2v) is 21.5. The van der Waals surface area contributed by atoms with Crippen molar-refractivity contribution in [2.24, 2.45) is 0 Å². The average Bonchev–Trinajstić information content (AvgIpc) is 2.91. The first kappa shape index (κ1) is 38.7. The van der Waals surface area contributed by atoms with Crippen LogP contribution in [0.1, 0.15) is 207 Å². The number of rotatable bonds is 32. The van der Waals surface area contributed by atoms with E-state index in [1.807, 2.05) is 0 Å². The molecule has 2 heteroatoms. The van der Waals surface area contributed by atoms with Gasteiger partial charge in [-0.05, 0) is 0 Å². The van der Waals surface area contributed by atoms with Crippen molar-refractivity contribution in [3.8, 4) is 0 Å². The van der Waals surface area contributed by atoms with E-state index >= 15 is 0 Å². The molecule has 0 rings (SSSR count). The van der Waals surface area contributed by atoms with Crippen LogP contribution in [-0.4, -0.2) is 24.6 Å². The number of hydrogen-bond donors (Lipinski definition) is 0. The molecular formula is C36H76ClP. The van der Waals surface area contributed by atoms with Crippen molar-refractivity contribution in [2.45, 2.75) is 207 Å². The third kappa shape index (κ3) is 23.4. The summed E-state index contributed by atoms with van der Waals surface area (Å²) in [5.41, 5.74) is 0. The summed E-state index contributed by atoms with van der Waals surface area (Å²) < 4.78 is 0. The molecular weight excluding hydrogens is 499 g/mol. The molecule has 0 aliphatic rings. The van der Waals surface area contributed by atoms with Crippen LogP contribution in [0.25, 0.3) is 0 Å². The molecule has 0 atom stereocenters. The van der Waals surface area contributed by atoms with Gasteiger partial charge in [-0.15, -0.1) is 0 Å². The second kappa shape index (κ2) is 27.9. The van der Waals surface area contributed by atoms with Crippen molar-refractivity contribution in [3.05, 3.63) is 0 Å². The Bertz CT molecular complexity index is 379. The zero-order valence-corrected chi connectivity index (χ0v) is 29.1. The molecule has 0 nitrogen and oxygen atoms in total. The van der Waals surface area contributed by atoms with E-state index in [1.165, 1.54) is 204 Å². The van der Waals surface area contributed by atoms with E-state index in [4.69, 9.17) is 11.2 Å². The number of hydrogen-bond acceptors (Lipinski definition) is 0. The molecule has 0 aromatic rings. The van der Waals surface area contributed by atoms with Crippen molar-refractivity contribution in [2.75, 3.05) is 24.6 Å². The third-order valence-corrected chi connectivity index (χ3v) is 17.0. The minimum atomic E-state index is -2.12. The molecule has 0 aliphatic carbocycles. The summed E-state index contributed by atoms with van der Waals surface area (Å²) >= 11 is 8.18. The molecule has 0 aromatic heterocycles. The Morgan fingerprint density at radius 1 is 0.263 bits per heavy atom. The van der Waals surface area contributed by atoms with E-state index in [2.05, 4.69) is 27.7 Å². The Labute approximate surface area is 248 Å². The Morgan fingerprint density at radius 2 is 0.421 bits per heavy atom. The monoisotopic (exact) mass is 575 g/mol. The zero-order chi connectivity index (χ0) is 28.1. The molecule has 0 spiro atoms. The molecule has 0 unspecified atom stereocenters. The van der Waals surface area contributed by atoms with Gasteiger partial charge in [0.1, 0.15) is 0 Å². The first-order chi connectivity index (χ1) is 18.5. The van der Waals surface area contributed by atoms with E-state index < -0.39 is 5.96 Å². The van der Waals surface area contributed by atoms with Crippen molar-refractivity contribution in [1.82, 2.24) is 0 Å². The summed E-state index contributed by atoms with van der Waals surface area (Å²) in [6.07, 6.45) is 45.4. The van der Waals surface area contributed by atoms with Crippen molar-refractivity contribution in [1.29, 1.82) is 0 Å². The fraction of sp³-hybridized carbons (Fsp3) is 1.00. The van der Waals surface area contributed by atoms with Gasteiger partial charge in [-0.2, -0.15) is 0 Å². The number of halogens is 1. The van der Waals surface area contributed by atoms with Crippen LogP contribution >= 0.6 is 17.2 Å². The summed E-state index contributed by atoms with van der Waals surface area (Å²) in [4.78, 5) is 0. The molecule has 0 radical (unpaired) electrons. The standard InChI is InChI=1S/C36H76ClP/c1-5-9-13-17-21-25-29-33-38(37,34-30-26-22-18-14-10-6-2,35-31-27-23-19-15-11-7-3)36-32-28-24-20-16-12-8-4/h5-36H2,1-4H3. The van der Waals surface area contributed by atoms with Gasteiger partial charge in [-0.25, -0.2) is 0 Å². The molecule has 0 N–H and O–H groups in total. The molecule has 0 saturated heterocycles. The summed E-state index contributed by atoms with van der Waals surface area (Å²) in [5.74, 6) is -2.12. The van der Waals surface area contributed by atoms with Gasteiger partial charge in [-0.1, -0.05) is 0 Å². The summed E-state index contributed by atoms with van der Waals surface area (Å²) in [5, 5.41) is 0. The van der Waals surface area contributed by atoms with Gasteiger partial charge in [0.15, 0.2) is 0 Å². The van der Waals surface area contributed by atoms with Crippen LogP contribution in [0.5, 0.6) is 0 Å². The van der Waals surface area contributed by atoms with Gasteiger partial charge in [0.05, 0.1) is 0 Å². The quantitative estimate of drug-likeness (QED) is 0.0553. The Balaban J connectivity index is 5.02. The first-order valence-electron chi connectivity index (χ1n) is 18.3. The van der Waals surface area contributed by atoms with E-state index in [0.29, 0.717) is 0 Å². The van der Waals surface area contributed by atoms with Gasteiger partial charge in [0.2, 0.25) is 0 Å². The molecule has 0 amide bonds. The van der Waals surface area contributed by atoms with Crippen molar-refractivity contribution < 1.29 is 0 Å². The maximum atomic E-state index is 8.18. The SMILES string of the molecule is CCCCCCCCCP(Cl)(CCCCCCCCC)(CCCCCCCCC)CCCCCCCCC. The molecule has 0 saturated carbocycles. The van der Waals surface area contributed by atoms with Gasteiger partial charge in [-0.3, -0.25) is 0 Å². The fourth-order valence-electron chi connectivity index (χ4n) is 6.53. The predicted molar refractivity (Wildman–Crippen MR) is 184 cm³/mol. The molecule has 38 heavy (non-hydrogen) atoms. The van der Waals surface area contributed by atoms with E-state index in [0.717, 1.165) is 0 Å². The summed E-state index contributed by atoms with van der Waals surface area (Å²) in [7, 11) is 0. The Hall–Kier alpha value is 0.720. The third-order valence-electron chi connectivity index (χ3n) is 9.28. The minimum absolute atomic E-state index is 1.35. The molecule has 0 heterocycles. The van der Waals surface area contributed by atoms with Gasteiger partial charge >= 0.3 is 249 Å². The van der Waals surface area contributed by atoms with Crippen LogP contribution in [0.4, 0.5) is 0 Å². The second-order valence-electron chi connectivity index (χ2n) is 13.2. The maximum absolute atomic E-state index is 8.18. The molecule has 0 aromatic carbocycles. The summed E-state index contributed by atoms with van der Waals surface area (Å²) in [6.45, 7) is 9.31. The van der Waals surface area contributed by atoms with Crippen LogP contribution in [0.15, 0.2) is 0 Å². The Kier molecular flexibility index (Phi) is 28.4. The molecule has 232 valence electrons. The van der Waals surface area contributed by atoms with Gasteiger partial charge in [0, 0.05) is 0 Å². The van der Waals surface area contributed by atoms with Crippen LogP contribution in [0.3, 0.4) is 0 Å². The first-order valence-corrected chi connectivity index (χ1v) is 22.1. The van der Waals surface area contributed by atoms with Crippen molar-refractivity contribution >= 4 is 17.2 Å². The van der Waals surface area contributed by atoms with E-state index in [-0.39, 0.29) is 0 Å². The van der Waals surface area contributed by atoms with Gasteiger partial charge < -0.3 is 0 Å². The van der Waals surface area contributed by atoms with Crippen LogP contribution in [-0.2, 0) is 0 Å².